The van der Waals surface area contributed by atoms with Crippen LogP contribution in [0.5, 0.6) is 0 Å². The molecule has 1 aromatic rings. The molecule has 3 heteroatoms. The lowest BCUT2D eigenvalue weighted by atomic mass is 10.1. The average Bonchev–Trinajstić information content (AvgIpc) is 2.40. The number of anilines is 1. The fourth-order valence-corrected chi connectivity index (χ4v) is 2.53. The van der Waals surface area contributed by atoms with Crippen LogP contribution < -0.4 is 5.32 Å². The van der Waals surface area contributed by atoms with Gasteiger partial charge in [0.1, 0.15) is 0 Å². The van der Waals surface area contributed by atoms with E-state index in [1.54, 1.807) is 0 Å². The van der Waals surface area contributed by atoms with Crippen LogP contribution in [0.1, 0.15) is 31.7 Å². The van der Waals surface area contributed by atoms with E-state index in [1.807, 2.05) is 0 Å². The first-order valence-corrected chi connectivity index (χ1v) is 6.94. The van der Waals surface area contributed by atoms with Gasteiger partial charge in [-0.3, -0.25) is 0 Å². The molecule has 1 fully saturated rings. The zero-order valence-electron chi connectivity index (χ0n) is 11.3. The molecule has 1 saturated heterocycles. The topological polar surface area (TPSA) is 15.3 Å². The number of aryl methyl sites for hydroxylation is 1. The molecular weight excluding hydrogens is 244 g/mol. The Morgan fingerprint density at radius 1 is 1.11 bits per heavy atom. The molecule has 1 aromatic carbocycles. The highest BCUT2D eigenvalue weighted by atomic mass is 35.5. The molecule has 0 spiro atoms. The molecule has 1 N–H and O–H groups in total. The van der Waals surface area contributed by atoms with Gasteiger partial charge in [0, 0.05) is 18.8 Å². The molecule has 0 bridgehead atoms. The van der Waals surface area contributed by atoms with Crippen molar-refractivity contribution in [1.29, 1.82) is 0 Å². The van der Waals surface area contributed by atoms with Gasteiger partial charge in [-0.05, 0) is 44.0 Å². The van der Waals surface area contributed by atoms with Gasteiger partial charge in [0.05, 0.1) is 0 Å². The van der Waals surface area contributed by atoms with Crippen LogP contribution in [-0.2, 0) is 6.42 Å². The summed E-state index contributed by atoms with van der Waals surface area (Å²) < 4.78 is 0. The quantitative estimate of drug-likeness (QED) is 0.878. The van der Waals surface area contributed by atoms with Gasteiger partial charge in [0.15, 0.2) is 0 Å². The van der Waals surface area contributed by atoms with E-state index in [4.69, 9.17) is 0 Å². The van der Waals surface area contributed by atoms with Crippen molar-refractivity contribution in [1.82, 2.24) is 4.90 Å². The summed E-state index contributed by atoms with van der Waals surface area (Å²) in [6.07, 6.45) is 5.28. The van der Waals surface area contributed by atoms with E-state index in [-0.39, 0.29) is 12.4 Å². The van der Waals surface area contributed by atoms with E-state index in [0.717, 1.165) is 13.0 Å². The molecule has 2 nitrogen and oxygen atoms in total. The average molecular weight is 269 g/mol. The molecule has 18 heavy (non-hydrogen) atoms. The normalized spacial score (nSPS) is 16.1. The molecular formula is C15H25ClN2. The number of piperidine rings is 1. The van der Waals surface area contributed by atoms with Crippen molar-refractivity contribution in [3.63, 3.8) is 0 Å². The highest BCUT2D eigenvalue weighted by molar-refractivity contribution is 5.85. The smallest absolute Gasteiger partial charge is 0.0373 e. The summed E-state index contributed by atoms with van der Waals surface area (Å²) in [7, 11) is 0. The number of hydrogen-bond donors (Lipinski definition) is 1. The Labute approximate surface area is 117 Å². The van der Waals surface area contributed by atoms with Gasteiger partial charge in [-0.25, -0.2) is 0 Å². The van der Waals surface area contributed by atoms with Gasteiger partial charge in [0.25, 0.3) is 0 Å². The number of para-hydroxylation sites is 1. The first kappa shape index (κ1) is 15.3. The number of hydrogen-bond acceptors (Lipinski definition) is 2. The number of benzene rings is 1. The zero-order chi connectivity index (χ0) is 11.9. The minimum absolute atomic E-state index is 0. The third-order valence-corrected chi connectivity index (χ3v) is 3.59. The molecule has 0 aliphatic carbocycles. The second-order valence-corrected chi connectivity index (χ2v) is 4.84. The molecule has 1 heterocycles. The first-order chi connectivity index (χ1) is 8.40. The number of likely N-dealkylation sites (tertiary alicyclic amines) is 1. The predicted molar refractivity (Wildman–Crippen MR) is 81.8 cm³/mol. The van der Waals surface area contributed by atoms with Crippen LogP contribution in [-0.4, -0.2) is 31.1 Å². The van der Waals surface area contributed by atoms with Crippen LogP contribution in [0.25, 0.3) is 0 Å². The van der Waals surface area contributed by atoms with E-state index >= 15 is 0 Å². The van der Waals surface area contributed by atoms with Crippen LogP contribution in [0.3, 0.4) is 0 Å². The fraction of sp³-hybridized carbons (Fsp3) is 0.600. The summed E-state index contributed by atoms with van der Waals surface area (Å²) in [5.41, 5.74) is 2.73. The second kappa shape index (κ2) is 8.39. The van der Waals surface area contributed by atoms with Gasteiger partial charge in [0.2, 0.25) is 0 Å². The summed E-state index contributed by atoms with van der Waals surface area (Å²) in [5.74, 6) is 0. The maximum absolute atomic E-state index is 3.57. The number of nitrogens with zero attached hydrogens (tertiary/aromatic N) is 1. The van der Waals surface area contributed by atoms with Crippen molar-refractivity contribution in [2.75, 3.05) is 31.5 Å². The third kappa shape index (κ3) is 4.51. The van der Waals surface area contributed by atoms with E-state index in [2.05, 4.69) is 41.4 Å². The van der Waals surface area contributed by atoms with Gasteiger partial charge in [-0.1, -0.05) is 31.5 Å². The third-order valence-electron chi connectivity index (χ3n) is 3.59. The summed E-state index contributed by atoms with van der Waals surface area (Å²) in [4.78, 5) is 2.57. The van der Waals surface area contributed by atoms with E-state index in [9.17, 15) is 0 Å². The van der Waals surface area contributed by atoms with Crippen molar-refractivity contribution < 1.29 is 0 Å². The largest absolute Gasteiger partial charge is 0.384 e. The van der Waals surface area contributed by atoms with Crippen LogP contribution in [0.2, 0.25) is 0 Å². The Balaban J connectivity index is 0.00000162. The van der Waals surface area contributed by atoms with Crippen LogP contribution in [0, 0.1) is 0 Å². The monoisotopic (exact) mass is 268 g/mol. The van der Waals surface area contributed by atoms with Gasteiger partial charge in [-0.15, -0.1) is 12.4 Å². The zero-order valence-corrected chi connectivity index (χ0v) is 12.1. The molecule has 2 rings (SSSR count). The van der Waals surface area contributed by atoms with Crippen molar-refractivity contribution >= 4 is 18.1 Å². The lowest BCUT2D eigenvalue weighted by molar-refractivity contribution is 0.237. The summed E-state index contributed by atoms with van der Waals surface area (Å²) in [6.45, 7) is 7.04. The molecule has 0 amide bonds. The maximum atomic E-state index is 3.57. The highest BCUT2D eigenvalue weighted by Crippen LogP contribution is 2.15. The Morgan fingerprint density at radius 3 is 2.56 bits per heavy atom. The first-order valence-electron chi connectivity index (χ1n) is 6.94. The molecule has 0 saturated carbocycles. The number of halogens is 1. The van der Waals surface area contributed by atoms with Gasteiger partial charge >= 0.3 is 0 Å². The van der Waals surface area contributed by atoms with Crippen molar-refractivity contribution in [3.8, 4) is 0 Å². The van der Waals surface area contributed by atoms with Gasteiger partial charge in [-0.2, -0.15) is 0 Å². The second-order valence-electron chi connectivity index (χ2n) is 4.84. The van der Waals surface area contributed by atoms with E-state index in [1.165, 1.54) is 50.1 Å². The molecule has 102 valence electrons. The summed E-state index contributed by atoms with van der Waals surface area (Å²) in [5, 5.41) is 3.57. The minimum atomic E-state index is 0. The van der Waals surface area contributed by atoms with Crippen molar-refractivity contribution in [3.05, 3.63) is 29.8 Å². The summed E-state index contributed by atoms with van der Waals surface area (Å²) >= 11 is 0. The minimum Gasteiger partial charge on any atom is -0.384 e. The van der Waals surface area contributed by atoms with E-state index in [0.29, 0.717) is 0 Å². The lowest BCUT2D eigenvalue weighted by Crippen LogP contribution is -2.33. The molecule has 0 atom stereocenters. The molecule has 1 aliphatic rings. The molecule has 0 radical (unpaired) electrons. The Kier molecular flexibility index (Phi) is 7.14. The van der Waals surface area contributed by atoms with E-state index < -0.39 is 0 Å². The molecule has 0 aromatic heterocycles. The molecule has 1 aliphatic heterocycles. The highest BCUT2D eigenvalue weighted by Gasteiger charge is 2.09. The van der Waals surface area contributed by atoms with Crippen LogP contribution in [0.15, 0.2) is 24.3 Å². The lowest BCUT2D eigenvalue weighted by Gasteiger charge is -2.26. The van der Waals surface area contributed by atoms with Crippen LogP contribution in [0.4, 0.5) is 5.69 Å². The van der Waals surface area contributed by atoms with Crippen LogP contribution >= 0.6 is 12.4 Å². The van der Waals surface area contributed by atoms with Crippen molar-refractivity contribution in [2.24, 2.45) is 0 Å². The SMILES string of the molecule is CCc1ccccc1NCCN1CCCCC1.Cl. The Morgan fingerprint density at radius 2 is 1.83 bits per heavy atom. The van der Waals surface area contributed by atoms with Gasteiger partial charge < -0.3 is 10.2 Å². The molecule has 0 unspecified atom stereocenters. The number of rotatable bonds is 5. The summed E-state index contributed by atoms with van der Waals surface area (Å²) in [6, 6.07) is 8.63. The Hall–Kier alpha value is -0.730. The fourth-order valence-electron chi connectivity index (χ4n) is 2.53. The standard InChI is InChI=1S/C15H24N2.ClH/c1-2-14-8-4-5-9-15(14)16-10-13-17-11-6-3-7-12-17;/h4-5,8-9,16H,2-3,6-7,10-13H2,1H3;1H. The number of nitrogens with one attached hydrogen (secondary N) is 1. The Bertz CT molecular complexity index is 335. The van der Waals surface area contributed by atoms with Crippen molar-refractivity contribution in [2.45, 2.75) is 32.6 Å². The predicted octanol–water partition coefficient (Wildman–Crippen LogP) is 3.57. The maximum Gasteiger partial charge on any atom is 0.0373 e.